The van der Waals surface area contributed by atoms with Crippen LogP contribution in [0.15, 0.2) is 15.8 Å². The maximum absolute atomic E-state index is 11.8. The number of rotatable bonds is 5. The van der Waals surface area contributed by atoms with E-state index in [4.69, 9.17) is 0 Å². The van der Waals surface area contributed by atoms with Crippen LogP contribution in [0.25, 0.3) is 0 Å². The van der Waals surface area contributed by atoms with E-state index in [9.17, 15) is 19.7 Å². The van der Waals surface area contributed by atoms with Gasteiger partial charge in [-0.05, 0) is 12.8 Å². The predicted molar refractivity (Wildman–Crippen MR) is 63.6 cm³/mol. The molecule has 0 atom stereocenters. The highest BCUT2D eigenvalue weighted by atomic mass is 16.6. The van der Waals surface area contributed by atoms with Gasteiger partial charge in [0.2, 0.25) is 0 Å². The molecule has 8 nitrogen and oxygen atoms in total. The largest absolute Gasteiger partial charge is 0.350 e. The summed E-state index contributed by atoms with van der Waals surface area (Å²) in [5.74, 6) is 0. The van der Waals surface area contributed by atoms with Crippen molar-refractivity contribution in [1.29, 1.82) is 0 Å². The standard InChI is InChI=1S/C10H14N4O4/c1-12-6-8(14(17)18)9(15)13(10(12)16)5-4-11-7-2-3-7/h6-7,11H,2-5H2,1H3. The molecule has 98 valence electrons. The summed E-state index contributed by atoms with van der Waals surface area (Å²) in [7, 11) is 1.39. The average Bonchev–Trinajstić information content (AvgIpc) is 3.11. The Labute approximate surface area is 102 Å². The van der Waals surface area contributed by atoms with Gasteiger partial charge in [-0.1, -0.05) is 0 Å². The van der Waals surface area contributed by atoms with Crippen molar-refractivity contribution in [2.45, 2.75) is 25.4 Å². The number of nitrogens with zero attached hydrogens (tertiary/aromatic N) is 3. The summed E-state index contributed by atoms with van der Waals surface area (Å²) < 4.78 is 1.95. The molecular formula is C10H14N4O4. The van der Waals surface area contributed by atoms with Crippen LogP contribution < -0.4 is 16.6 Å². The van der Waals surface area contributed by atoms with Crippen LogP contribution >= 0.6 is 0 Å². The molecular weight excluding hydrogens is 240 g/mol. The Morgan fingerprint density at radius 3 is 2.72 bits per heavy atom. The summed E-state index contributed by atoms with van der Waals surface area (Å²) in [5.41, 5.74) is -1.97. The van der Waals surface area contributed by atoms with Gasteiger partial charge in [-0.3, -0.25) is 24.0 Å². The lowest BCUT2D eigenvalue weighted by atomic mass is 10.5. The monoisotopic (exact) mass is 254 g/mol. The topological polar surface area (TPSA) is 99.2 Å². The smallest absolute Gasteiger partial charge is 0.312 e. The van der Waals surface area contributed by atoms with E-state index in [1.165, 1.54) is 7.05 Å². The summed E-state index contributed by atoms with van der Waals surface area (Å²) in [4.78, 5) is 33.4. The van der Waals surface area contributed by atoms with Crippen LogP contribution in [-0.2, 0) is 13.6 Å². The number of aromatic nitrogens is 2. The molecule has 0 unspecified atom stereocenters. The van der Waals surface area contributed by atoms with E-state index < -0.39 is 21.9 Å². The average molecular weight is 254 g/mol. The van der Waals surface area contributed by atoms with E-state index in [2.05, 4.69) is 5.32 Å². The van der Waals surface area contributed by atoms with E-state index in [0.717, 1.165) is 28.2 Å². The highest BCUT2D eigenvalue weighted by Gasteiger charge is 2.21. The second-order valence-corrected chi connectivity index (χ2v) is 4.35. The molecule has 0 aromatic carbocycles. The molecule has 0 amide bonds. The first kappa shape index (κ1) is 12.5. The van der Waals surface area contributed by atoms with E-state index >= 15 is 0 Å². The minimum Gasteiger partial charge on any atom is -0.312 e. The van der Waals surface area contributed by atoms with Gasteiger partial charge < -0.3 is 5.32 Å². The fourth-order valence-electron chi connectivity index (χ4n) is 1.70. The van der Waals surface area contributed by atoms with Gasteiger partial charge in [-0.25, -0.2) is 4.79 Å². The van der Waals surface area contributed by atoms with Gasteiger partial charge in [-0.15, -0.1) is 0 Å². The normalized spacial score (nSPS) is 14.7. The predicted octanol–water partition coefficient (Wildman–Crippen LogP) is -0.793. The first-order chi connectivity index (χ1) is 8.50. The molecule has 0 spiro atoms. The van der Waals surface area contributed by atoms with Crippen LogP contribution in [0.1, 0.15) is 12.8 Å². The van der Waals surface area contributed by atoms with Gasteiger partial charge in [0.25, 0.3) is 0 Å². The highest BCUT2D eigenvalue weighted by molar-refractivity contribution is 5.21. The van der Waals surface area contributed by atoms with Crippen molar-refractivity contribution in [3.05, 3.63) is 37.1 Å². The van der Waals surface area contributed by atoms with Crippen molar-refractivity contribution >= 4 is 5.69 Å². The lowest BCUT2D eigenvalue weighted by Gasteiger charge is -2.07. The van der Waals surface area contributed by atoms with Crippen LogP contribution in [-0.4, -0.2) is 26.6 Å². The Kier molecular flexibility index (Phi) is 3.28. The number of nitrogens with one attached hydrogen (secondary N) is 1. The molecule has 1 heterocycles. The summed E-state index contributed by atoms with van der Waals surface area (Å²) >= 11 is 0. The fraction of sp³-hybridized carbons (Fsp3) is 0.600. The Bertz CT molecular complexity index is 585. The van der Waals surface area contributed by atoms with Crippen LogP contribution in [0.5, 0.6) is 0 Å². The molecule has 0 radical (unpaired) electrons. The summed E-state index contributed by atoms with van der Waals surface area (Å²) in [6.45, 7) is 0.602. The van der Waals surface area contributed by atoms with E-state index in [1.54, 1.807) is 0 Å². The quantitative estimate of drug-likeness (QED) is 0.548. The molecule has 1 aliphatic carbocycles. The third-order valence-electron chi connectivity index (χ3n) is 2.86. The van der Waals surface area contributed by atoms with Crippen molar-refractivity contribution in [2.24, 2.45) is 7.05 Å². The number of hydrogen-bond donors (Lipinski definition) is 1. The molecule has 1 aromatic heterocycles. The van der Waals surface area contributed by atoms with Crippen molar-refractivity contribution < 1.29 is 4.92 Å². The molecule has 1 fully saturated rings. The Morgan fingerprint density at radius 2 is 2.17 bits per heavy atom. The van der Waals surface area contributed by atoms with Crippen molar-refractivity contribution in [1.82, 2.24) is 14.5 Å². The van der Waals surface area contributed by atoms with Gasteiger partial charge in [0.05, 0.1) is 11.1 Å². The van der Waals surface area contributed by atoms with Crippen LogP contribution in [0.3, 0.4) is 0 Å². The zero-order valence-electron chi connectivity index (χ0n) is 9.96. The fourth-order valence-corrected chi connectivity index (χ4v) is 1.70. The van der Waals surface area contributed by atoms with Gasteiger partial charge in [0.15, 0.2) is 0 Å². The van der Waals surface area contributed by atoms with Gasteiger partial charge in [0.1, 0.15) is 0 Å². The molecule has 1 aromatic rings. The molecule has 2 rings (SSSR count). The number of aryl methyl sites for hydroxylation is 1. The van der Waals surface area contributed by atoms with Gasteiger partial charge >= 0.3 is 16.9 Å². The minimum absolute atomic E-state index is 0.143. The highest BCUT2D eigenvalue weighted by Crippen LogP contribution is 2.17. The lowest BCUT2D eigenvalue weighted by molar-refractivity contribution is -0.387. The molecule has 0 aliphatic heterocycles. The summed E-state index contributed by atoms with van der Waals surface area (Å²) in [6, 6.07) is 0.461. The number of hydrogen-bond acceptors (Lipinski definition) is 5. The summed E-state index contributed by atoms with van der Waals surface area (Å²) in [6.07, 6.45) is 3.15. The van der Waals surface area contributed by atoms with E-state index in [-0.39, 0.29) is 6.54 Å². The first-order valence-electron chi connectivity index (χ1n) is 5.69. The minimum atomic E-state index is -0.847. The molecule has 1 saturated carbocycles. The van der Waals surface area contributed by atoms with Crippen LogP contribution in [0, 0.1) is 10.1 Å². The molecule has 0 bridgehead atoms. The SMILES string of the molecule is Cn1cc([N+](=O)[O-])c(=O)n(CCNC2CC2)c1=O. The zero-order chi connectivity index (χ0) is 13.3. The molecule has 8 heteroatoms. The van der Waals surface area contributed by atoms with E-state index in [1.807, 2.05) is 0 Å². The van der Waals surface area contributed by atoms with E-state index in [0.29, 0.717) is 12.6 Å². The maximum atomic E-state index is 11.8. The second kappa shape index (κ2) is 4.73. The Balaban J connectivity index is 2.28. The van der Waals surface area contributed by atoms with Crippen LogP contribution in [0.2, 0.25) is 0 Å². The van der Waals surface area contributed by atoms with Crippen LogP contribution in [0.4, 0.5) is 5.69 Å². The molecule has 18 heavy (non-hydrogen) atoms. The second-order valence-electron chi connectivity index (χ2n) is 4.35. The zero-order valence-corrected chi connectivity index (χ0v) is 9.96. The third kappa shape index (κ3) is 2.48. The van der Waals surface area contributed by atoms with Crippen molar-refractivity contribution in [3.8, 4) is 0 Å². The van der Waals surface area contributed by atoms with Gasteiger partial charge in [-0.2, -0.15) is 0 Å². The van der Waals surface area contributed by atoms with Crippen molar-refractivity contribution in [3.63, 3.8) is 0 Å². The number of nitro groups is 1. The first-order valence-corrected chi connectivity index (χ1v) is 5.69. The molecule has 0 saturated heterocycles. The maximum Gasteiger partial charge on any atom is 0.350 e. The van der Waals surface area contributed by atoms with Crippen molar-refractivity contribution in [2.75, 3.05) is 6.54 Å². The Hall–Kier alpha value is -1.96. The third-order valence-corrected chi connectivity index (χ3v) is 2.86. The molecule has 1 aliphatic rings. The summed E-state index contributed by atoms with van der Waals surface area (Å²) in [5, 5.41) is 13.8. The van der Waals surface area contributed by atoms with Gasteiger partial charge in [0, 0.05) is 26.2 Å². The molecule has 1 N–H and O–H groups in total. The Morgan fingerprint density at radius 1 is 1.50 bits per heavy atom. The lowest BCUT2D eigenvalue weighted by Crippen LogP contribution is -2.41.